The topological polar surface area (TPSA) is 29.3 Å². The molecule has 1 heterocycles. The first-order valence-electron chi connectivity index (χ1n) is 4.16. The lowest BCUT2D eigenvalue weighted by Gasteiger charge is -2.13. The van der Waals surface area contributed by atoms with Crippen LogP contribution in [-0.2, 0) is 6.54 Å². The first-order chi connectivity index (χ1) is 5.72. The first-order valence-corrected chi connectivity index (χ1v) is 4.98. The molecule has 0 amide bonds. The molecule has 0 aromatic carbocycles. The Morgan fingerprint density at radius 2 is 2.00 bits per heavy atom. The molecule has 1 aromatic rings. The lowest BCUT2D eigenvalue weighted by Crippen LogP contribution is -2.24. The molecular weight excluding hydrogens is 239 g/mol. The van der Waals surface area contributed by atoms with E-state index >= 15 is 0 Å². The SMILES string of the molecule is Cc1ccc(CN(C)CCN)s1.Cl.Cl. The van der Waals surface area contributed by atoms with E-state index < -0.39 is 0 Å². The van der Waals surface area contributed by atoms with Crippen molar-refractivity contribution >= 4 is 36.2 Å². The Kier molecular flexibility index (Phi) is 10.1. The van der Waals surface area contributed by atoms with E-state index in [0.717, 1.165) is 19.6 Å². The van der Waals surface area contributed by atoms with Crippen LogP contribution < -0.4 is 5.73 Å². The van der Waals surface area contributed by atoms with Crippen molar-refractivity contribution in [2.45, 2.75) is 13.5 Å². The second-order valence-corrected chi connectivity index (χ2v) is 4.41. The van der Waals surface area contributed by atoms with Crippen LogP contribution in [0.5, 0.6) is 0 Å². The number of hydrogen-bond acceptors (Lipinski definition) is 3. The number of rotatable bonds is 4. The van der Waals surface area contributed by atoms with Crippen molar-refractivity contribution < 1.29 is 0 Å². The molecule has 5 heteroatoms. The molecule has 2 nitrogen and oxygen atoms in total. The smallest absolute Gasteiger partial charge is 0.0325 e. The minimum atomic E-state index is 0. The number of halogens is 2. The van der Waals surface area contributed by atoms with Crippen molar-refractivity contribution in [3.05, 3.63) is 21.9 Å². The highest BCUT2D eigenvalue weighted by Gasteiger charge is 2.00. The van der Waals surface area contributed by atoms with Gasteiger partial charge in [-0.1, -0.05) is 0 Å². The summed E-state index contributed by atoms with van der Waals surface area (Å²) < 4.78 is 0. The van der Waals surface area contributed by atoms with Crippen LogP contribution in [0.4, 0.5) is 0 Å². The fourth-order valence-corrected chi connectivity index (χ4v) is 2.11. The second kappa shape index (κ2) is 8.50. The maximum Gasteiger partial charge on any atom is 0.0325 e. The molecule has 0 saturated heterocycles. The lowest BCUT2D eigenvalue weighted by molar-refractivity contribution is 0.339. The van der Waals surface area contributed by atoms with E-state index in [2.05, 4.69) is 31.0 Å². The van der Waals surface area contributed by atoms with Crippen LogP contribution in [0.2, 0.25) is 0 Å². The Hall–Kier alpha value is 0.200. The van der Waals surface area contributed by atoms with Gasteiger partial charge in [-0.25, -0.2) is 0 Å². The minimum Gasteiger partial charge on any atom is -0.329 e. The van der Waals surface area contributed by atoms with Crippen LogP contribution in [-0.4, -0.2) is 25.0 Å². The molecule has 1 aromatic heterocycles. The number of thiophene rings is 1. The summed E-state index contributed by atoms with van der Waals surface area (Å²) in [4.78, 5) is 5.04. The van der Waals surface area contributed by atoms with Gasteiger partial charge in [0.2, 0.25) is 0 Å². The van der Waals surface area contributed by atoms with Gasteiger partial charge in [0.1, 0.15) is 0 Å². The summed E-state index contributed by atoms with van der Waals surface area (Å²) in [6.07, 6.45) is 0. The van der Waals surface area contributed by atoms with E-state index in [0.29, 0.717) is 0 Å². The van der Waals surface area contributed by atoms with Crippen LogP contribution in [0, 0.1) is 6.92 Å². The summed E-state index contributed by atoms with van der Waals surface area (Å²) in [5, 5.41) is 0. The predicted molar refractivity (Wildman–Crippen MR) is 68.9 cm³/mol. The van der Waals surface area contributed by atoms with Gasteiger partial charge in [0.25, 0.3) is 0 Å². The molecule has 0 saturated carbocycles. The van der Waals surface area contributed by atoms with Crippen molar-refractivity contribution in [2.24, 2.45) is 5.73 Å². The molecule has 2 N–H and O–H groups in total. The molecule has 0 radical (unpaired) electrons. The third-order valence-electron chi connectivity index (χ3n) is 1.73. The van der Waals surface area contributed by atoms with Gasteiger partial charge in [0, 0.05) is 29.4 Å². The van der Waals surface area contributed by atoms with Gasteiger partial charge < -0.3 is 10.6 Å². The summed E-state index contributed by atoms with van der Waals surface area (Å²) >= 11 is 1.86. The molecule has 0 aliphatic heterocycles. The van der Waals surface area contributed by atoms with Gasteiger partial charge >= 0.3 is 0 Å². The number of nitrogens with two attached hydrogens (primary N) is 1. The van der Waals surface area contributed by atoms with E-state index in [-0.39, 0.29) is 24.8 Å². The van der Waals surface area contributed by atoms with E-state index in [1.165, 1.54) is 9.75 Å². The maximum atomic E-state index is 5.45. The summed E-state index contributed by atoms with van der Waals surface area (Å²) in [6, 6.07) is 4.35. The summed E-state index contributed by atoms with van der Waals surface area (Å²) in [6.45, 7) is 4.87. The second-order valence-electron chi connectivity index (χ2n) is 3.04. The van der Waals surface area contributed by atoms with Crippen molar-refractivity contribution in [3.63, 3.8) is 0 Å². The van der Waals surface area contributed by atoms with Crippen LogP contribution in [0.1, 0.15) is 9.75 Å². The molecule has 0 atom stereocenters. The Morgan fingerprint density at radius 1 is 1.36 bits per heavy atom. The molecule has 0 unspecified atom stereocenters. The Morgan fingerprint density at radius 3 is 2.43 bits per heavy atom. The van der Waals surface area contributed by atoms with Crippen LogP contribution in [0.3, 0.4) is 0 Å². The van der Waals surface area contributed by atoms with Crippen molar-refractivity contribution in [1.82, 2.24) is 4.90 Å². The maximum absolute atomic E-state index is 5.45. The summed E-state index contributed by atoms with van der Waals surface area (Å²) in [7, 11) is 2.10. The third-order valence-corrected chi connectivity index (χ3v) is 2.72. The van der Waals surface area contributed by atoms with E-state index in [1.54, 1.807) is 0 Å². The largest absolute Gasteiger partial charge is 0.329 e. The van der Waals surface area contributed by atoms with Gasteiger partial charge in [-0.15, -0.1) is 36.2 Å². The fourth-order valence-electron chi connectivity index (χ4n) is 1.14. The fraction of sp³-hybridized carbons (Fsp3) is 0.556. The van der Waals surface area contributed by atoms with Gasteiger partial charge in [-0.3, -0.25) is 0 Å². The minimum absolute atomic E-state index is 0. The lowest BCUT2D eigenvalue weighted by atomic mass is 10.4. The molecular formula is C9H18Cl2N2S. The average molecular weight is 257 g/mol. The normalized spacial score (nSPS) is 9.43. The van der Waals surface area contributed by atoms with E-state index in [9.17, 15) is 0 Å². The molecule has 0 bridgehead atoms. The van der Waals surface area contributed by atoms with Crippen LogP contribution in [0.15, 0.2) is 12.1 Å². The van der Waals surface area contributed by atoms with E-state index in [1.807, 2.05) is 11.3 Å². The Balaban J connectivity index is 0. The highest BCUT2D eigenvalue weighted by Crippen LogP contribution is 2.16. The van der Waals surface area contributed by atoms with Crippen molar-refractivity contribution in [3.8, 4) is 0 Å². The molecule has 0 aliphatic carbocycles. The number of nitrogens with zero attached hydrogens (tertiary/aromatic N) is 1. The quantitative estimate of drug-likeness (QED) is 0.896. The Labute approximate surface area is 102 Å². The Bertz CT molecular complexity index is 240. The van der Waals surface area contributed by atoms with Crippen LogP contribution in [0.25, 0.3) is 0 Å². The highest BCUT2D eigenvalue weighted by atomic mass is 35.5. The predicted octanol–water partition coefficient (Wildman–Crippen LogP) is 2.29. The molecule has 0 spiro atoms. The monoisotopic (exact) mass is 256 g/mol. The number of hydrogen-bond donors (Lipinski definition) is 1. The summed E-state index contributed by atoms with van der Waals surface area (Å²) in [5.74, 6) is 0. The zero-order chi connectivity index (χ0) is 8.97. The third kappa shape index (κ3) is 5.83. The van der Waals surface area contributed by atoms with Crippen molar-refractivity contribution in [1.29, 1.82) is 0 Å². The average Bonchev–Trinajstić information content (AvgIpc) is 2.36. The van der Waals surface area contributed by atoms with Crippen LogP contribution >= 0.6 is 36.2 Å². The molecule has 0 fully saturated rings. The molecule has 84 valence electrons. The molecule has 0 aliphatic rings. The van der Waals surface area contributed by atoms with Gasteiger partial charge in [0.05, 0.1) is 0 Å². The van der Waals surface area contributed by atoms with Gasteiger partial charge in [0.15, 0.2) is 0 Å². The first kappa shape index (κ1) is 16.6. The number of aryl methyl sites for hydroxylation is 1. The van der Waals surface area contributed by atoms with Gasteiger partial charge in [-0.2, -0.15) is 0 Å². The van der Waals surface area contributed by atoms with E-state index in [4.69, 9.17) is 5.73 Å². The number of likely N-dealkylation sites (N-methyl/N-ethyl adjacent to an activating group) is 1. The zero-order valence-corrected chi connectivity index (χ0v) is 11.0. The van der Waals surface area contributed by atoms with Crippen molar-refractivity contribution in [2.75, 3.05) is 20.1 Å². The zero-order valence-electron chi connectivity index (χ0n) is 8.53. The molecule has 1 rings (SSSR count). The molecule has 14 heavy (non-hydrogen) atoms. The standard InChI is InChI=1S/C9H16N2S.2ClH/c1-8-3-4-9(12-8)7-11(2)6-5-10;;/h3-4H,5-7,10H2,1-2H3;2*1H. The summed E-state index contributed by atoms with van der Waals surface area (Å²) in [5.41, 5.74) is 5.45. The highest BCUT2D eigenvalue weighted by molar-refractivity contribution is 7.11. The van der Waals surface area contributed by atoms with Gasteiger partial charge in [-0.05, 0) is 26.1 Å².